The summed E-state index contributed by atoms with van der Waals surface area (Å²) >= 11 is 0. The molecule has 0 aliphatic carbocycles. The van der Waals surface area contributed by atoms with Crippen molar-refractivity contribution in [3.63, 3.8) is 0 Å². The van der Waals surface area contributed by atoms with Gasteiger partial charge < -0.3 is 30.3 Å². The van der Waals surface area contributed by atoms with Crippen LogP contribution in [-0.4, -0.2) is 68.1 Å². The minimum atomic E-state index is -2.29. The fraction of sp³-hybridized carbons (Fsp3) is 0.947. The SMILES string of the molecule is CCCCCCCCCCCC(=O)C[C@@]1(O)O[C@H](CO)[C@@H](O)[C@H](O)[C@@H]1O. The van der Waals surface area contributed by atoms with Gasteiger partial charge in [0.1, 0.15) is 30.2 Å². The van der Waals surface area contributed by atoms with E-state index >= 15 is 0 Å². The number of rotatable bonds is 13. The average Bonchev–Trinajstić information content (AvgIpc) is 2.62. The van der Waals surface area contributed by atoms with E-state index in [0.29, 0.717) is 6.42 Å². The summed E-state index contributed by atoms with van der Waals surface area (Å²) in [6.07, 6.45) is 3.65. The van der Waals surface area contributed by atoms with E-state index in [1.54, 1.807) is 0 Å². The highest BCUT2D eigenvalue weighted by atomic mass is 16.7. The lowest BCUT2D eigenvalue weighted by atomic mass is 9.89. The molecule has 1 aliphatic rings. The van der Waals surface area contributed by atoms with Gasteiger partial charge >= 0.3 is 0 Å². The molecule has 0 amide bonds. The number of Topliss-reactive ketones (excluding diaryl/α,β-unsaturated/α-hetero) is 1. The first-order chi connectivity index (χ1) is 12.4. The highest BCUT2D eigenvalue weighted by Crippen LogP contribution is 2.31. The number of aliphatic hydroxyl groups excluding tert-OH is 4. The molecule has 1 aliphatic heterocycles. The normalized spacial score (nSPS) is 31.9. The molecule has 1 fully saturated rings. The fourth-order valence-corrected chi connectivity index (χ4v) is 3.37. The van der Waals surface area contributed by atoms with Crippen molar-refractivity contribution in [3.8, 4) is 0 Å². The molecule has 0 aromatic rings. The van der Waals surface area contributed by atoms with Gasteiger partial charge in [0.25, 0.3) is 0 Å². The van der Waals surface area contributed by atoms with Crippen molar-refractivity contribution in [2.75, 3.05) is 6.61 Å². The number of ketones is 1. The van der Waals surface area contributed by atoms with Gasteiger partial charge in [0.15, 0.2) is 0 Å². The monoisotopic (exact) mass is 376 g/mol. The summed E-state index contributed by atoms with van der Waals surface area (Å²) in [6, 6.07) is 0. The van der Waals surface area contributed by atoms with Crippen LogP contribution in [0.2, 0.25) is 0 Å². The van der Waals surface area contributed by atoms with Gasteiger partial charge in [-0.3, -0.25) is 4.79 Å². The van der Waals surface area contributed by atoms with Crippen LogP contribution in [0.15, 0.2) is 0 Å². The summed E-state index contributed by atoms with van der Waals surface area (Å²) in [7, 11) is 0. The van der Waals surface area contributed by atoms with Crippen LogP contribution < -0.4 is 0 Å². The van der Waals surface area contributed by atoms with E-state index in [1.165, 1.54) is 32.1 Å². The van der Waals surface area contributed by atoms with Crippen LogP contribution in [0.4, 0.5) is 0 Å². The molecule has 7 heteroatoms. The molecule has 7 nitrogen and oxygen atoms in total. The van der Waals surface area contributed by atoms with Crippen LogP contribution in [0.1, 0.15) is 77.6 Å². The van der Waals surface area contributed by atoms with Gasteiger partial charge in [-0.1, -0.05) is 58.3 Å². The third-order valence-electron chi connectivity index (χ3n) is 5.06. The summed E-state index contributed by atoms with van der Waals surface area (Å²) < 4.78 is 5.11. The highest BCUT2D eigenvalue weighted by molar-refractivity contribution is 5.79. The van der Waals surface area contributed by atoms with Crippen molar-refractivity contribution in [3.05, 3.63) is 0 Å². The van der Waals surface area contributed by atoms with Crippen molar-refractivity contribution in [1.82, 2.24) is 0 Å². The number of hydrogen-bond donors (Lipinski definition) is 5. The number of aliphatic hydroxyl groups is 5. The van der Waals surface area contributed by atoms with E-state index in [0.717, 1.165) is 19.3 Å². The van der Waals surface area contributed by atoms with Gasteiger partial charge in [-0.2, -0.15) is 0 Å². The fourth-order valence-electron chi connectivity index (χ4n) is 3.37. The molecule has 0 saturated carbocycles. The van der Waals surface area contributed by atoms with Crippen LogP contribution in [0.5, 0.6) is 0 Å². The summed E-state index contributed by atoms with van der Waals surface area (Å²) in [5.41, 5.74) is 0. The van der Waals surface area contributed by atoms with E-state index < -0.39 is 43.2 Å². The van der Waals surface area contributed by atoms with E-state index in [4.69, 9.17) is 9.84 Å². The van der Waals surface area contributed by atoms with E-state index in [9.17, 15) is 25.2 Å². The molecule has 26 heavy (non-hydrogen) atoms. The Bertz CT molecular complexity index is 401. The molecule has 0 radical (unpaired) electrons. The third-order valence-corrected chi connectivity index (χ3v) is 5.06. The molecular weight excluding hydrogens is 340 g/mol. The topological polar surface area (TPSA) is 127 Å². The zero-order chi connectivity index (χ0) is 19.6. The second-order valence-electron chi connectivity index (χ2n) is 7.40. The predicted molar refractivity (Wildman–Crippen MR) is 96.4 cm³/mol. The molecule has 5 N–H and O–H groups in total. The Morgan fingerprint density at radius 1 is 0.923 bits per heavy atom. The number of hydrogen-bond acceptors (Lipinski definition) is 7. The van der Waals surface area contributed by atoms with Crippen molar-refractivity contribution < 1.29 is 35.1 Å². The van der Waals surface area contributed by atoms with Gasteiger partial charge in [-0.15, -0.1) is 0 Å². The number of unbranched alkanes of at least 4 members (excludes halogenated alkanes) is 8. The number of carbonyl (C=O) groups is 1. The minimum absolute atomic E-state index is 0.261. The average molecular weight is 376 g/mol. The van der Waals surface area contributed by atoms with Gasteiger partial charge in [-0.05, 0) is 6.42 Å². The standard InChI is InChI=1S/C19H36O7/c1-2-3-4-5-6-7-8-9-10-11-14(21)12-19(25)18(24)17(23)16(22)15(13-20)26-19/h15-18,20,22-25H,2-13H2,1H3/t15-,16-,17+,18+,19-/m1/s1. The lowest BCUT2D eigenvalue weighted by molar-refractivity contribution is -0.347. The lowest BCUT2D eigenvalue weighted by Gasteiger charge is -2.45. The van der Waals surface area contributed by atoms with Crippen molar-refractivity contribution >= 4 is 5.78 Å². The van der Waals surface area contributed by atoms with Gasteiger partial charge in [0.2, 0.25) is 5.79 Å². The first-order valence-electron chi connectivity index (χ1n) is 9.92. The summed E-state index contributed by atoms with van der Waals surface area (Å²) in [6.45, 7) is 1.55. The number of ether oxygens (including phenoxy) is 1. The Morgan fingerprint density at radius 2 is 1.46 bits per heavy atom. The quantitative estimate of drug-likeness (QED) is 0.304. The Balaban J connectivity index is 2.27. The molecule has 1 rings (SSSR count). The third kappa shape index (κ3) is 7.21. The molecule has 0 aromatic heterocycles. The predicted octanol–water partition coefficient (Wildman–Crippen LogP) is 1.03. The molecule has 154 valence electrons. The van der Waals surface area contributed by atoms with E-state index in [1.807, 2.05) is 0 Å². The zero-order valence-corrected chi connectivity index (χ0v) is 15.8. The Kier molecular flexibility index (Phi) is 10.8. The van der Waals surface area contributed by atoms with Crippen LogP contribution >= 0.6 is 0 Å². The van der Waals surface area contributed by atoms with Crippen molar-refractivity contribution in [2.24, 2.45) is 0 Å². The van der Waals surface area contributed by atoms with Crippen LogP contribution in [0.25, 0.3) is 0 Å². The molecule has 0 bridgehead atoms. The van der Waals surface area contributed by atoms with Crippen LogP contribution in [0, 0.1) is 0 Å². The summed E-state index contributed by atoms with van der Waals surface area (Å²) in [5.74, 6) is -2.57. The van der Waals surface area contributed by atoms with Gasteiger partial charge in [-0.25, -0.2) is 0 Å². The lowest BCUT2D eigenvalue weighted by Crippen LogP contribution is -2.65. The van der Waals surface area contributed by atoms with Gasteiger partial charge in [0, 0.05) is 6.42 Å². The molecular formula is C19H36O7. The summed E-state index contributed by atoms with van der Waals surface area (Å²) in [4.78, 5) is 12.1. The van der Waals surface area contributed by atoms with E-state index in [-0.39, 0.29) is 12.2 Å². The Labute approximate surface area is 156 Å². The first kappa shape index (κ1) is 23.5. The van der Waals surface area contributed by atoms with Crippen molar-refractivity contribution in [2.45, 2.75) is 108 Å². The molecule has 0 aromatic carbocycles. The summed E-state index contributed by atoms with van der Waals surface area (Å²) in [5, 5.41) is 48.9. The smallest absolute Gasteiger partial charge is 0.202 e. The second-order valence-corrected chi connectivity index (χ2v) is 7.40. The zero-order valence-electron chi connectivity index (χ0n) is 15.8. The Hall–Kier alpha value is -0.570. The Morgan fingerprint density at radius 3 is 2.00 bits per heavy atom. The van der Waals surface area contributed by atoms with E-state index in [2.05, 4.69) is 6.92 Å². The maximum absolute atomic E-state index is 12.1. The maximum Gasteiger partial charge on any atom is 0.202 e. The maximum atomic E-state index is 12.1. The largest absolute Gasteiger partial charge is 0.394 e. The second kappa shape index (κ2) is 12.0. The van der Waals surface area contributed by atoms with Crippen LogP contribution in [0.3, 0.4) is 0 Å². The molecule has 5 atom stereocenters. The molecule has 0 unspecified atom stereocenters. The molecule has 0 spiro atoms. The minimum Gasteiger partial charge on any atom is -0.394 e. The van der Waals surface area contributed by atoms with Crippen molar-refractivity contribution in [1.29, 1.82) is 0 Å². The van der Waals surface area contributed by atoms with Crippen LogP contribution in [-0.2, 0) is 9.53 Å². The van der Waals surface area contributed by atoms with Gasteiger partial charge in [0.05, 0.1) is 13.0 Å². The molecule has 1 heterocycles. The highest BCUT2D eigenvalue weighted by Gasteiger charge is 2.53. The molecule has 1 saturated heterocycles. The first-order valence-corrected chi connectivity index (χ1v) is 9.92. The number of carbonyl (C=O) groups excluding carboxylic acids is 1.